The number of methoxy groups -OCH3 is 1. The molecular formula is C25H29N5O3. The summed E-state index contributed by atoms with van der Waals surface area (Å²) in [5.74, 6) is 0.900. The van der Waals surface area contributed by atoms with Gasteiger partial charge in [0.15, 0.2) is 0 Å². The minimum atomic E-state index is -0.516. The number of ether oxygens (including phenoxy) is 2. The summed E-state index contributed by atoms with van der Waals surface area (Å²) in [4.78, 5) is 25.3. The third kappa shape index (κ3) is 3.94. The summed E-state index contributed by atoms with van der Waals surface area (Å²) in [5.41, 5.74) is 3.27. The molecule has 0 bridgehead atoms. The Morgan fingerprint density at radius 2 is 2.24 bits per heavy atom. The van der Waals surface area contributed by atoms with Crippen molar-refractivity contribution < 1.29 is 14.3 Å². The first-order valence-corrected chi connectivity index (χ1v) is 11.3. The SMILES string of the molecule is CN=CC1CC(n2cc(-c3cccc([C@]4(OC)CCOC4)n3)c3cc(NC(C)=O)ncc32)C1. The summed E-state index contributed by atoms with van der Waals surface area (Å²) in [7, 11) is 3.54. The van der Waals surface area contributed by atoms with Crippen LogP contribution in [0.2, 0.25) is 0 Å². The number of amides is 1. The maximum absolute atomic E-state index is 11.6. The Labute approximate surface area is 193 Å². The first-order valence-electron chi connectivity index (χ1n) is 11.3. The third-order valence-electron chi connectivity index (χ3n) is 6.79. The second kappa shape index (κ2) is 8.68. The molecule has 0 radical (unpaired) electrons. The largest absolute Gasteiger partial charge is 0.378 e. The number of hydrogen-bond donors (Lipinski definition) is 1. The molecule has 8 nitrogen and oxygen atoms in total. The second-order valence-corrected chi connectivity index (χ2v) is 8.92. The van der Waals surface area contributed by atoms with Gasteiger partial charge in [0.05, 0.1) is 29.7 Å². The van der Waals surface area contributed by atoms with E-state index in [1.807, 2.05) is 43.7 Å². The van der Waals surface area contributed by atoms with Crippen LogP contribution in [0.25, 0.3) is 22.2 Å². The second-order valence-electron chi connectivity index (χ2n) is 8.92. The van der Waals surface area contributed by atoms with Crippen LogP contribution in [-0.2, 0) is 19.9 Å². The van der Waals surface area contributed by atoms with E-state index in [9.17, 15) is 4.79 Å². The van der Waals surface area contributed by atoms with E-state index in [-0.39, 0.29) is 5.91 Å². The lowest BCUT2D eigenvalue weighted by Crippen LogP contribution is -2.30. The average molecular weight is 448 g/mol. The maximum atomic E-state index is 11.6. The van der Waals surface area contributed by atoms with Gasteiger partial charge in [-0.2, -0.15) is 0 Å². The molecule has 1 amide bonds. The number of carbonyl (C=O) groups excluding carboxylic acids is 1. The van der Waals surface area contributed by atoms with Gasteiger partial charge in [0, 0.05) is 63.5 Å². The average Bonchev–Trinajstić information content (AvgIpc) is 3.41. The fourth-order valence-electron chi connectivity index (χ4n) is 4.94. The number of anilines is 1. The molecular weight excluding hydrogens is 418 g/mol. The lowest BCUT2D eigenvalue weighted by atomic mass is 9.81. The van der Waals surface area contributed by atoms with E-state index < -0.39 is 5.60 Å². The fourth-order valence-corrected chi connectivity index (χ4v) is 4.94. The minimum absolute atomic E-state index is 0.146. The van der Waals surface area contributed by atoms with Crippen LogP contribution in [0.4, 0.5) is 5.82 Å². The van der Waals surface area contributed by atoms with Crippen molar-refractivity contribution in [1.29, 1.82) is 0 Å². The van der Waals surface area contributed by atoms with Gasteiger partial charge < -0.3 is 24.4 Å². The Morgan fingerprint density at radius 3 is 2.94 bits per heavy atom. The molecule has 4 heterocycles. The predicted octanol–water partition coefficient (Wildman–Crippen LogP) is 3.97. The van der Waals surface area contributed by atoms with Gasteiger partial charge in [-0.15, -0.1) is 0 Å². The zero-order valence-electron chi connectivity index (χ0n) is 19.2. The van der Waals surface area contributed by atoms with Gasteiger partial charge >= 0.3 is 0 Å². The topological polar surface area (TPSA) is 90.6 Å². The van der Waals surface area contributed by atoms with Crippen LogP contribution in [0.5, 0.6) is 0 Å². The number of hydrogen-bond acceptors (Lipinski definition) is 6. The number of pyridine rings is 2. The Kier molecular flexibility index (Phi) is 5.72. The molecule has 0 aromatic carbocycles. The minimum Gasteiger partial charge on any atom is -0.378 e. The third-order valence-corrected chi connectivity index (χ3v) is 6.79. The van der Waals surface area contributed by atoms with E-state index in [1.54, 1.807) is 7.11 Å². The smallest absolute Gasteiger partial charge is 0.222 e. The highest BCUT2D eigenvalue weighted by Crippen LogP contribution is 2.42. The first kappa shape index (κ1) is 21.7. The molecule has 1 aliphatic carbocycles. The molecule has 2 aliphatic rings. The van der Waals surface area contributed by atoms with Gasteiger partial charge in [0.2, 0.25) is 5.91 Å². The fraction of sp³-hybridized carbons (Fsp3) is 0.440. The molecule has 2 fully saturated rings. The molecule has 172 valence electrons. The van der Waals surface area contributed by atoms with Gasteiger partial charge in [-0.3, -0.25) is 4.79 Å². The van der Waals surface area contributed by atoms with Crippen LogP contribution in [0.15, 0.2) is 41.7 Å². The van der Waals surface area contributed by atoms with E-state index >= 15 is 0 Å². The summed E-state index contributed by atoms with van der Waals surface area (Å²) in [5, 5.41) is 3.82. The van der Waals surface area contributed by atoms with Crippen LogP contribution >= 0.6 is 0 Å². The highest BCUT2D eigenvalue weighted by atomic mass is 16.5. The normalized spacial score (nSPS) is 24.9. The van der Waals surface area contributed by atoms with E-state index in [0.717, 1.165) is 47.1 Å². The predicted molar refractivity (Wildman–Crippen MR) is 128 cm³/mol. The molecule has 3 aromatic rings. The van der Waals surface area contributed by atoms with E-state index in [0.29, 0.717) is 31.0 Å². The highest BCUT2D eigenvalue weighted by Gasteiger charge is 2.38. The van der Waals surface area contributed by atoms with Crippen LogP contribution < -0.4 is 5.32 Å². The van der Waals surface area contributed by atoms with Crippen molar-refractivity contribution in [1.82, 2.24) is 14.5 Å². The van der Waals surface area contributed by atoms with Crippen LogP contribution in [0.1, 0.15) is 37.9 Å². The summed E-state index contributed by atoms with van der Waals surface area (Å²) in [6.45, 7) is 2.65. The Hall–Kier alpha value is -3.10. The lowest BCUT2D eigenvalue weighted by Gasteiger charge is -2.34. The van der Waals surface area contributed by atoms with Crippen LogP contribution in [0.3, 0.4) is 0 Å². The zero-order chi connectivity index (χ0) is 23.0. The maximum Gasteiger partial charge on any atom is 0.222 e. The molecule has 1 atom stereocenters. The van der Waals surface area contributed by atoms with E-state index in [1.165, 1.54) is 6.92 Å². The molecule has 0 unspecified atom stereocenters. The standard InChI is InChI=1S/C25H29N5O3/c1-16(31)28-24-11-19-20(14-30(22(19)13-27-24)18-9-17(10-18)12-26-2)21-5-4-6-23(29-21)25(32-3)7-8-33-15-25/h4-6,11-14,17-18H,7-10,15H2,1-3H3,(H,27,28,31)/t17?,18?,25-/m0/s1. The number of rotatable bonds is 6. The lowest BCUT2D eigenvalue weighted by molar-refractivity contribution is -0.114. The van der Waals surface area contributed by atoms with E-state index in [4.69, 9.17) is 14.5 Å². The number of aromatic nitrogens is 3. The number of nitrogens with one attached hydrogen (secondary N) is 1. The molecule has 1 aliphatic heterocycles. The number of fused-ring (bicyclic) bond motifs is 1. The van der Waals surface area contributed by atoms with Crippen molar-refractivity contribution in [3.05, 3.63) is 42.4 Å². The molecule has 0 spiro atoms. The monoisotopic (exact) mass is 447 g/mol. The van der Waals surface area contributed by atoms with Gasteiger partial charge in [0.25, 0.3) is 0 Å². The highest BCUT2D eigenvalue weighted by molar-refractivity contribution is 5.98. The van der Waals surface area contributed by atoms with Gasteiger partial charge in [0.1, 0.15) is 11.4 Å². The number of nitrogens with zero attached hydrogens (tertiary/aromatic N) is 4. The molecule has 33 heavy (non-hydrogen) atoms. The molecule has 1 saturated carbocycles. The Balaban J connectivity index is 1.60. The van der Waals surface area contributed by atoms with Crippen LogP contribution in [-0.4, -0.2) is 54.0 Å². The molecule has 1 saturated heterocycles. The number of aliphatic imine (C=N–C) groups is 1. The van der Waals surface area contributed by atoms with Gasteiger partial charge in [-0.05, 0) is 37.0 Å². The zero-order valence-corrected chi connectivity index (χ0v) is 19.2. The molecule has 8 heteroatoms. The van der Waals surface area contributed by atoms with Crippen molar-refractivity contribution >= 4 is 28.8 Å². The first-order chi connectivity index (χ1) is 16.0. The van der Waals surface area contributed by atoms with Crippen molar-refractivity contribution in [2.45, 2.75) is 37.8 Å². The molecule has 5 rings (SSSR count). The summed E-state index contributed by atoms with van der Waals surface area (Å²) in [6, 6.07) is 8.37. The Bertz CT molecular complexity index is 1210. The van der Waals surface area contributed by atoms with Crippen molar-refractivity contribution in [3.63, 3.8) is 0 Å². The van der Waals surface area contributed by atoms with E-state index in [2.05, 4.69) is 26.1 Å². The summed E-state index contributed by atoms with van der Waals surface area (Å²) < 4.78 is 13.8. The van der Waals surface area contributed by atoms with Crippen LogP contribution in [0, 0.1) is 5.92 Å². The van der Waals surface area contributed by atoms with Crippen molar-refractivity contribution in [3.8, 4) is 11.3 Å². The van der Waals surface area contributed by atoms with Crippen molar-refractivity contribution in [2.75, 3.05) is 32.7 Å². The van der Waals surface area contributed by atoms with Gasteiger partial charge in [-0.1, -0.05) is 6.07 Å². The Morgan fingerprint density at radius 1 is 1.39 bits per heavy atom. The molecule has 1 N–H and O–H groups in total. The van der Waals surface area contributed by atoms with Gasteiger partial charge in [-0.25, -0.2) is 9.97 Å². The summed E-state index contributed by atoms with van der Waals surface area (Å²) >= 11 is 0. The summed E-state index contributed by atoms with van der Waals surface area (Å²) in [6.07, 6.45) is 8.92. The quantitative estimate of drug-likeness (QED) is 0.578. The molecule has 3 aromatic heterocycles. The number of carbonyl (C=O) groups is 1. The van der Waals surface area contributed by atoms with Crippen molar-refractivity contribution in [2.24, 2.45) is 10.9 Å².